The number of nitrogens with one attached hydrogen (secondary N) is 1. The van der Waals surface area contributed by atoms with E-state index in [2.05, 4.69) is 12.2 Å². The summed E-state index contributed by atoms with van der Waals surface area (Å²) in [6, 6.07) is 9.86. The van der Waals surface area contributed by atoms with E-state index in [0.717, 1.165) is 17.6 Å². The van der Waals surface area contributed by atoms with Crippen molar-refractivity contribution in [3.8, 4) is 5.75 Å². The van der Waals surface area contributed by atoms with Crippen molar-refractivity contribution in [2.45, 2.75) is 58.1 Å². The van der Waals surface area contributed by atoms with Gasteiger partial charge in [0.1, 0.15) is 5.75 Å². The third-order valence-electron chi connectivity index (χ3n) is 5.49. The highest BCUT2D eigenvalue weighted by Gasteiger charge is 2.42. The number of hydrogen-bond acceptors (Lipinski definition) is 2. The van der Waals surface area contributed by atoms with Crippen LogP contribution in [0.4, 0.5) is 0 Å². The number of carbonyl (C=O) groups is 1. The summed E-state index contributed by atoms with van der Waals surface area (Å²) in [5.74, 6) is 3.20. The molecule has 0 saturated heterocycles. The van der Waals surface area contributed by atoms with Gasteiger partial charge in [-0.1, -0.05) is 31.5 Å². The Morgan fingerprint density at radius 2 is 2.05 bits per heavy atom. The van der Waals surface area contributed by atoms with Gasteiger partial charge in [-0.2, -0.15) is 0 Å². The van der Waals surface area contributed by atoms with Gasteiger partial charge < -0.3 is 10.1 Å². The number of benzene rings is 1. The third kappa shape index (κ3) is 3.29. The number of hydrogen-bond donors (Lipinski definition) is 1. The molecule has 22 heavy (non-hydrogen) atoms. The molecule has 3 nitrogen and oxygen atoms in total. The van der Waals surface area contributed by atoms with Crippen LogP contribution >= 0.6 is 0 Å². The Bertz CT molecular complexity index is 501. The molecule has 2 fully saturated rings. The number of carbonyl (C=O) groups excluding carboxylic acids is 1. The lowest BCUT2D eigenvalue weighted by atomic mass is 9.84. The number of rotatable bonds is 6. The van der Waals surface area contributed by atoms with Crippen LogP contribution in [0.1, 0.15) is 46.0 Å². The van der Waals surface area contributed by atoms with Crippen molar-refractivity contribution in [1.29, 1.82) is 0 Å². The lowest BCUT2D eigenvalue weighted by molar-refractivity contribution is -0.129. The topological polar surface area (TPSA) is 38.3 Å². The molecule has 3 heteroatoms. The molecule has 2 aliphatic carbocycles. The van der Waals surface area contributed by atoms with E-state index < -0.39 is 6.10 Å². The van der Waals surface area contributed by atoms with Gasteiger partial charge in [0, 0.05) is 6.04 Å². The normalized spacial score (nSPS) is 29.1. The molecule has 0 unspecified atom stereocenters. The maximum absolute atomic E-state index is 12.5. The molecule has 1 amide bonds. The van der Waals surface area contributed by atoms with Crippen LogP contribution in [0.25, 0.3) is 0 Å². The van der Waals surface area contributed by atoms with E-state index in [4.69, 9.17) is 4.74 Å². The summed E-state index contributed by atoms with van der Waals surface area (Å²) >= 11 is 0. The Kier molecular flexibility index (Phi) is 4.70. The van der Waals surface area contributed by atoms with Gasteiger partial charge in [-0.15, -0.1) is 0 Å². The van der Waals surface area contributed by atoms with Crippen molar-refractivity contribution < 1.29 is 9.53 Å². The molecule has 1 aromatic rings. The maximum Gasteiger partial charge on any atom is 0.261 e. The van der Waals surface area contributed by atoms with E-state index >= 15 is 0 Å². The Morgan fingerprint density at radius 3 is 2.64 bits per heavy atom. The van der Waals surface area contributed by atoms with Gasteiger partial charge in [-0.3, -0.25) is 4.79 Å². The van der Waals surface area contributed by atoms with Crippen LogP contribution in [0.3, 0.4) is 0 Å². The Morgan fingerprint density at radius 1 is 1.27 bits per heavy atom. The predicted molar refractivity (Wildman–Crippen MR) is 87.7 cm³/mol. The summed E-state index contributed by atoms with van der Waals surface area (Å²) in [4.78, 5) is 12.5. The van der Waals surface area contributed by atoms with Crippen LogP contribution in [-0.2, 0) is 4.79 Å². The quantitative estimate of drug-likeness (QED) is 0.868. The van der Waals surface area contributed by atoms with Crippen molar-refractivity contribution in [3.63, 3.8) is 0 Å². The highest BCUT2D eigenvalue weighted by molar-refractivity contribution is 5.81. The monoisotopic (exact) mass is 301 g/mol. The van der Waals surface area contributed by atoms with Crippen molar-refractivity contribution in [1.82, 2.24) is 5.32 Å². The third-order valence-corrected chi connectivity index (χ3v) is 5.49. The molecule has 1 aromatic carbocycles. The molecule has 2 saturated carbocycles. The molecular formula is C19H27NO2. The molecule has 0 aliphatic heterocycles. The number of ether oxygens (including phenoxy) is 1. The fourth-order valence-corrected chi connectivity index (χ4v) is 4.32. The zero-order chi connectivity index (χ0) is 15.5. The van der Waals surface area contributed by atoms with E-state index in [9.17, 15) is 4.79 Å². The first-order valence-electron chi connectivity index (χ1n) is 8.69. The average Bonchev–Trinajstić information content (AvgIpc) is 3.16. The molecule has 0 heterocycles. The van der Waals surface area contributed by atoms with Gasteiger partial charge in [0.25, 0.3) is 5.91 Å². The van der Waals surface area contributed by atoms with E-state index in [1.54, 1.807) is 0 Å². The fraction of sp³-hybridized carbons (Fsp3) is 0.632. The highest BCUT2D eigenvalue weighted by Crippen LogP contribution is 2.49. The van der Waals surface area contributed by atoms with Crippen molar-refractivity contribution >= 4 is 5.91 Å². The molecule has 120 valence electrons. The molecule has 0 spiro atoms. The van der Waals surface area contributed by atoms with Crippen LogP contribution < -0.4 is 10.1 Å². The molecule has 0 aromatic heterocycles. The number of para-hydroxylation sites is 1. The van der Waals surface area contributed by atoms with Crippen LogP contribution in [0, 0.1) is 17.8 Å². The second kappa shape index (κ2) is 6.72. The summed E-state index contributed by atoms with van der Waals surface area (Å²) in [6.45, 7) is 4.16. The smallest absolute Gasteiger partial charge is 0.261 e. The lowest BCUT2D eigenvalue weighted by Gasteiger charge is -2.29. The lowest BCUT2D eigenvalue weighted by Crippen LogP contribution is -2.46. The Balaban J connectivity index is 1.55. The molecule has 1 N–H and O–H groups in total. The first kappa shape index (κ1) is 15.4. The summed E-state index contributed by atoms with van der Waals surface area (Å²) in [6.07, 6.45) is 5.71. The predicted octanol–water partition coefficient (Wildman–Crippen LogP) is 3.78. The maximum atomic E-state index is 12.5. The second-order valence-corrected chi connectivity index (χ2v) is 6.96. The van der Waals surface area contributed by atoms with Crippen LogP contribution in [-0.4, -0.2) is 18.1 Å². The molecule has 2 bridgehead atoms. The standard InChI is InChI=1S/C19H27NO2/c1-3-18(22-16-7-5-4-6-8-16)19(21)20-13(2)17-12-14-9-10-15(17)11-14/h4-8,13-15,17-18H,3,9-12H2,1-2H3,(H,20,21)/t13-,14+,15+,17+,18+/m1/s1. The summed E-state index contributed by atoms with van der Waals surface area (Å²) in [7, 11) is 0. The summed E-state index contributed by atoms with van der Waals surface area (Å²) in [5, 5.41) is 3.21. The second-order valence-electron chi connectivity index (χ2n) is 6.96. The molecule has 5 atom stereocenters. The van der Waals surface area contributed by atoms with E-state index in [0.29, 0.717) is 12.3 Å². The first-order valence-corrected chi connectivity index (χ1v) is 8.69. The minimum Gasteiger partial charge on any atom is -0.481 e. The average molecular weight is 301 g/mol. The molecule has 2 aliphatic rings. The van der Waals surface area contributed by atoms with Gasteiger partial charge in [-0.05, 0) is 62.5 Å². The van der Waals surface area contributed by atoms with Gasteiger partial charge >= 0.3 is 0 Å². The van der Waals surface area contributed by atoms with Gasteiger partial charge in [-0.25, -0.2) is 0 Å². The van der Waals surface area contributed by atoms with E-state index in [-0.39, 0.29) is 11.9 Å². The minimum atomic E-state index is -0.400. The molecule has 3 rings (SSSR count). The van der Waals surface area contributed by atoms with Crippen LogP contribution in [0.5, 0.6) is 5.75 Å². The van der Waals surface area contributed by atoms with Crippen molar-refractivity contribution in [3.05, 3.63) is 30.3 Å². The van der Waals surface area contributed by atoms with Gasteiger partial charge in [0.2, 0.25) is 0 Å². The first-order chi connectivity index (χ1) is 10.7. The Hall–Kier alpha value is -1.51. The molecular weight excluding hydrogens is 274 g/mol. The number of fused-ring (bicyclic) bond motifs is 2. The summed E-state index contributed by atoms with van der Waals surface area (Å²) in [5.41, 5.74) is 0. The summed E-state index contributed by atoms with van der Waals surface area (Å²) < 4.78 is 5.84. The largest absolute Gasteiger partial charge is 0.481 e. The minimum absolute atomic E-state index is 0.0293. The van der Waals surface area contributed by atoms with E-state index in [1.807, 2.05) is 37.3 Å². The number of amides is 1. The SMILES string of the molecule is CC[C@H](Oc1ccccc1)C(=O)N[C@H](C)[C@@H]1C[C@H]2CC[C@H]1C2. The van der Waals surface area contributed by atoms with Crippen molar-refractivity contribution in [2.75, 3.05) is 0 Å². The van der Waals surface area contributed by atoms with E-state index in [1.165, 1.54) is 25.7 Å². The highest BCUT2D eigenvalue weighted by atomic mass is 16.5. The molecule has 0 radical (unpaired) electrons. The van der Waals surface area contributed by atoms with Gasteiger partial charge in [0.15, 0.2) is 6.10 Å². The fourth-order valence-electron chi connectivity index (χ4n) is 4.32. The van der Waals surface area contributed by atoms with Gasteiger partial charge in [0.05, 0.1) is 0 Å². The Labute approximate surface area is 133 Å². The van der Waals surface area contributed by atoms with Crippen molar-refractivity contribution in [2.24, 2.45) is 17.8 Å². The zero-order valence-electron chi connectivity index (χ0n) is 13.6. The zero-order valence-corrected chi connectivity index (χ0v) is 13.6. The van der Waals surface area contributed by atoms with Crippen LogP contribution in [0.15, 0.2) is 30.3 Å². The van der Waals surface area contributed by atoms with Crippen LogP contribution in [0.2, 0.25) is 0 Å².